The lowest BCUT2D eigenvalue weighted by Gasteiger charge is -2.17. The molecule has 0 saturated heterocycles. The van der Waals surface area contributed by atoms with Gasteiger partial charge in [-0.05, 0) is 44.4 Å². The molecule has 4 heteroatoms. The summed E-state index contributed by atoms with van der Waals surface area (Å²) in [4.78, 5) is 4.58. The lowest BCUT2D eigenvalue weighted by Crippen LogP contribution is -2.15. The Bertz CT molecular complexity index is 604. The van der Waals surface area contributed by atoms with E-state index in [1.165, 1.54) is 24.2 Å². The first-order valence-corrected chi connectivity index (χ1v) is 7.72. The first-order valence-electron chi connectivity index (χ1n) is 7.35. The van der Waals surface area contributed by atoms with Crippen molar-refractivity contribution in [3.8, 4) is 5.69 Å². The number of halogens is 1. The van der Waals surface area contributed by atoms with Crippen LogP contribution >= 0.6 is 11.6 Å². The van der Waals surface area contributed by atoms with Gasteiger partial charge in [0.1, 0.15) is 0 Å². The lowest BCUT2D eigenvalue weighted by atomic mass is 10.0. The van der Waals surface area contributed by atoms with Crippen LogP contribution in [0, 0.1) is 0 Å². The Morgan fingerprint density at radius 1 is 1.30 bits per heavy atom. The number of rotatable bonds is 4. The molecule has 106 valence electrons. The van der Waals surface area contributed by atoms with Gasteiger partial charge in [0.25, 0.3) is 0 Å². The molecule has 1 aromatic heterocycles. The maximum Gasteiger partial charge on any atom is 0.0997 e. The van der Waals surface area contributed by atoms with Crippen LogP contribution in [0.4, 0.5) is 0 Å². The van der Waals surface area contributed by atoms with Crippen LogP contribution < -0.4 is 5.32 Å². The molecule has 0 bridgehead atoms. The molecule has 0 spiro atoms. The van der Waals surface area contributed by atoms with Crippen molar-refractivity contribution in [1.82, 2.24) is 14.9 Å². The number of benzene rings is 1. The van der Waals surface area contributed by atoms with Gasteiger partial charge >= 0.3 is 0 Å². The predicted octanol–water partition coefficient (Wildman–Crippen LogP) is 3.51. The SMILES string of the molecule is CCNCc1c(Cl)cccc1-n1cnc2c1CCCC2. The van der Waals surface area contributed by atoms with Gasteiger partial charge in [0.05, 0.1) is 17.7 Å². The predicted molar refractivity (Wildman–Crippen MR) is 82.6 cm³/mol. The van der Waals surface area contributed by atoms with Crippen LogP contribution in [0.15, 0.2) is 24.5 Å². The van der Waals surface area contributed by atoms with Gasteiger partial charge < -0.3 is 9.88 Å². The van der Waals surface area contributed by atoms with Crippen molar-refractivity contribution in [2.75, 3.05) is 6.54 Å². The fraction of sp³-hybridized carbons (Fsp3) is 0.438. The molecule has 0 radical (unpaired) electrons. The second kappa shape index (κ2) is 5.98. The van der Waals surface area contributed by atoms with E-state index in [9.17, 15) is 0 Å². The van der Waals surface area contributed by atoms with Gasteiger partial charge in [0.2, 0.25) is 0 Å². The zero-order valence-electron chi connectivity index (χ0n) is 11.8. The quantitative estimate of drug-likeness (QED) is 0.933. The minimum Gasteiger partial charge on any atom is -0.313 e. The molecule has 0 fully saturated rings. The van der Waals surface area contributed by atoms with Crippen LogP contribution in [0.2, 0.25) is 5.02 Å². The summed E-state index contributed by atoms with van der Waals surface area (Å²) in [7, 11) is 0. The smallest absolute Gasteiger partial charge is 0.0997 e. The highest BCUT2D eigenvalue weighted by atomic mass is 35.5. The fourth-order valence-corrected chi connectivity index (χ4v) is 3.11. The van der Waals surface area contributed by atoms with E-state index in [4.69, 9.17) is 11.6 Å². The number of nitrogens with zero attached hydrogens (tertiary/aromatic N) is 2. The third kappa shape index (κ3) is 2.48. The summed E-state index contributed by atoms with van der Waals surface area (Å²) in [6.07, 6.45) is 6.68. The number of fused-ring (bicyclic) bond motifs is 1. The molecule has 1 N–H and O–H groups in total. The Hall–Kier alpha value is -1.32. The van der Waals surface area contributed by atoms with Gasteiger partial charge in [-0.1, -0.05) is 24.6 Å². The van der Waals surface area contributed by atoms with E-state index in [1.807, 2.05) is 18.5 Å². The molecule has 3 nitrogen and oxygen atoms in total. The molecule has 1 aromatic carbocycles. The molecule has 0 aliphatic heterocycles. The minimum absolute atomic E-state index is 0.790. The van der Waals surface area contributed by atoms with Crippen LogP contribution in [0.25, 0.3) is 5.69 Å². The summed E-state index contributed by atoms with van der Waals surface area (Å²) in [5.74, 6) is 0. The minimum atomic E-state index is 0.790. The van der Waals surface area contributed by atoms with Crippen LogP contribution in [0.5, 0.6) is 0 Å². The summed E-state index contributed by atoms with van der Waals surface area (Å²) in [6.45, 7) is 3.83. The van der Waals surface area contributed by atoms with Crippen molar-refractivity contribution in [2.24, 2.45) is 0 Å². The summed E-state index contributed by atoms with van der Waals surface area (Å²) in [5.41, 5.74) is 4.93. The monoisotopic (exact) mass is 289 g/mol. The molecule has 1 aliphatic carbocycles. The number of aromatic nitrogens is 2. The summed E-state index contributed by atoms with van der Waals surface area (Å²) < 4.78 is 2.23. The van der Waals surface area contributed by atoms with Gasteiger partial charge in [0.15, 0.2) is 0 Å². The van der Waals surface area contributed by atoms with E-state index in [0.29, 0.717) is 0 Å². The van der Waals surface area contributed by atoms with Crippen molar-refractivity contribution >= 4 is 11.6 Å². The van der Waals surface area contributed by atoms with Gasteiger partial charge in [-0.3, -0.25) is 0 Å². The van der Waals surface area contributed by atoms with E-state index < -0.39 is 0 Å². The maximum atomic E-state index is 6.39. The Morgan fingerprint density at radius 3 is 3.00 bits per heavy atom. The van der Waals surface area contributed by atoms with Crippen LogP contribution in [0.3, 0.4) is 0 Å². The average Bonchev–Trinajstić information content (AvgIpc) is 2.89. The standard InChI is InChI=1S/C16H20ClN3/c1-2-18-10-12-13(17)6-5-9-15(12)20-11-19-14-7-3-4-8-16(14)20/h5-6,9,11,18H,2-4,7-8,10H2,1H3. The molecule has 0 unspecified atom stereocenters. The molecule has 1 heterocycles. The first kappa shape index (κ1) is 13.7. The van der Waals surface area contributed by atoms with E-state index in [2.05, 4.69) is 27.9 Å². The molecule has 1 aliphatic rings. The van der Waals surface area contributed by atoms with Crippen molar-refractivity contribution in [3.05, 3.63) is 46.5 Å². The third-order valence-electron chi connectivity index (χ3n) is 3.94. The number of nitrogens with one attached hydrogen (secondary N) is 1. The summed E-state index contributed by atoms with van der Waals surface area (Å²) in [5, 5.41) is 4.19. The molecular weight excluding hydrogens is 270 g/mol. The Kier molecular flexibility index (Phi) is 4.08. The molecule has 3 rings (SSSR count). The molecule has 20 heavy (non-hydrogen) atoms. The second-order valence-corrected chi connectivity index (χ2v) is 5.64. The van der Waals surface area contributed by atoms with E-state index in [-0.39, 0.29) is 0 Å². The van der Waals surface area contributed by atoms with Crippen LogP contribution in [-0.4, -0.2) is 16.1 Å². The highest BCUT2D eigenvalue weighted by molar-refractivity contribution is 6.31. The van der Waals surface area contributed by atoms with Crippen LogP contribution in [0.1, 0.15) is 36.7 Å². The van der Waals surface area contributed by atoms with Gasteiger partial charge in [-0.2, -0.15) is 0 Å². The zero-order chi connectivity index (χ0) is 13.9. The third-order valence-corrected chi connectivity index (χ3v) is 4.29. The number of hydrogen-bond donors (Lipinski definition) is 1. The van der Waals surface area contributed by atoms with E-state index >= 15 is 0 Å². The fourth-order valence-electron chi connectivity index (χ4n) is 2.87. The summed E-state index contributed by atoms with van der Waals surface area (Å²) in [6, 6.07) is 6.11. The number of aryl methyl sites for hydroxylation is 1. The Labute approximate surface area is 125 Å². The Morgan fingerprint density at radius 2 is 2.15 bits per heavy atom. The topological polar surface area (TPSA) is 29.9 Å². The highest BCUT2D eigenvalue weighted by Gasteiger charge is 2.18. The zero-order valence-corrected chi connectivity index (χ0v) is 12.6. The average molecular weight is 290 g/mol. The number of imidazole rings is 1. The molecule has 0 amide bonds. The maximum absolute atomic E-state index is 6.39. The van der Waals surface area contributed by atoms with Crippen molar-refractivity contribution < 1.29 is 0 Å². The van der Waals surface area contributed by atoms with Gasteiger partial charge in [0, 0.05) is 22.8 Å². The molecular formula is C16H20ClN3. The van der Waals surface area contributed by atoms with Crippen molar-refractivity contribution in [3.63, 3.8) is 0 Å². The normalized spacial score (nSPS) is 14.3. The van der Waals surface area contributed by atoms with Crippen molar-refractivity contribution in [2.45, 2.75) is 39.2 Å². The van der Waals surface area contributed by atoms with E-state index in [1.54, 1.807) is 0 Å². The van der Waals surface area contributed by atoms with Gasteiger partial charge in [-0.25, -0.2) is 4.98 Å². The number of hydrogen-bond acceptors (Lipinski definition) is 2. The van der Waals surface area contributed by atoms with Crippen LogP contribution in [-0.2, 0) is 19.4 Å². The molecule has 0 saturated carbocycles. The highest BCUT2D eigenvalue weighted by Crippen LogP contribution is 2.28. The molecule has 2 aromatic rings. The Balaban J connectivity index is 2.05. The van der Waals surface area contributed by atoms with E-state index in [0.717, 1.165) is 42.2 Å². The second-order valence-electron chi connectivity index (χ2n) is 5.23. The first-order chi connectivity index (χ1) is 9.81. The largest absolute Gasteiger partial charge is 0.313 e. The molecule has 0 atom stereocenters. The summed E-state index contributed by atoms with van der Waals surface area (Å²) >= 11 is 6.39. The van der Waals surface area contributed by atoms with Gasteiger partial charge in [-0.15, -0.1) is 0 Å². The van der Waals surface area contributed by atoms with Crippen molar-refractivity contribution in [1.29, 1.82) is 0 Å². The lowest BCUT2D eigenvalue weighted by molar-refractivity contribution is 0.653.